The normalized spacial score (nSPS) is 10.6. The lowest BCUT2D eigenvalue weighted by Crippen LogP contribution is -1.83. The molecule has 17 heavy (non-hydrogen) atoms. The number of aromatic nitrogens is 1. The molecule has 0 saturated carbocycles. The molecule has 0 bridgehead atoms. The topological polar surface area (TPSA) is 12.9 Å². The van der Waals surface area contributed by atoms with Crippen molar-refractivity contribution in [2.45, 2.75) is 0 Å². The second-order valence-electron chi connectivity index (χ2n) is 3.93. The number of fused-ring (bicyclic) bond motifs is 1. The highest BCUT2D eigenvalue weighted by Crippen LogP contribution is 2.23. The van der Waals surface area contributed by atoms with Crippen molar-refractivity contribution in [1.82, 2.24) is 4.98 Å². The summed E-state index contributed by atoms with van der Waals surface area (Å²) in [6, 6.07) is 18.0. The molecule has 0 aliphatic rings. The predicted octanol–water partition coefficient (Wildman–Crippen LogP) is 4.56. The Morgan fingerprint density at radius 3 is 2.47 bits per heavy atom. The van der Waals surface area contributed by atoms with Gasteiger partial charge in [-0.25, -0.2) is 0 Å². The molecule has 0 saturated heterocycles. The van der Waals surface area contributed by atoms with Crippen LogP contribution in [0.5, 0.6) is 0 Å². The lowest BCUT2D eigenvalue weighted by Gasteiger charge is -2.03. The summed E-state index contributed by atoms with van der Waals surface area (Å²) in [7, 11) is 0. The number of benzene rings is 2. The Morgan fingerprint density at radius 2 is 1.65 bits per heavy atom. The second-order valence-corrected chi connectivity index (χ2v) is 4.36. The van der Waals surface area contributed by atoms with Crippen LogP contribution in [0.3, 0.4) is 0 Å². The predicted molar refractivity (Wildman–Crippen MR) is 72.2 cm³/mol. The van der Waals surface area contributed by atoms with Gasteiger partial charge >= 0.3 is 0 Å². The third-order valence-electron chi connectivity index (χ3n) is 2.75. The van der Waals surface area contributed by atoms with Crippen LogP contribution in [0.2, 0.25) is 5.02 Å². The number of hydrogen-bond acceptors (Lipinski definition) is 1. The van der Waals surface area contributed by atoms with Gasteiger partial charge in [0.1, 0.15) is 0 Å². The Morgan fingerprint density at radius 1 is 0.824 bits per heavy atom. The average Bonchev–Trinajstić information content (AvgIpc) is 2.38. The van der Waals surface area contributed by atoms with E-state index in [2.05, 4.69) is 23.2 Å². The van der Waals surface area contributed by atoms with Crippen molar-refractivity contribution < 1.29 is 0 Å². The zero-order valence-electron chi connectivity index (χ0n) is 9.10. The van der Waals surface area contributed by atoms with Crippen molar-refractivity contribution in [1.29, 1.82) is 0 Å². The molecule has 0 fully saturated rings. The van der Waals surface area contributed by atoms with E-state index in [4.69, 9.17) is 11.6 Å². The molecule has 0 aliphatic heterocycles. The van der Waals surface area contributed by atoms with E-state index in [0.717, 1.165) is 21.7 Å². The first-order valence-corrected chi connectivity index (χ1v) is 5.81. The fourth-order valence-electron chi connectivity index (χ4n) is 1.89. The number of hydrogen-bond donors (Lipinski definition) is 0. The fourth-order valence-corrected chi connectivity index (χ4v) is 2.08. The van der Waals surface area contributed by atoms with E-state index < -0.39 is 0 Å². The molecule has 0 unspecified atom stereocenters. The van der Waals surface area contributed by atoms with Gasteiger partial charge in [0, 0.05) is 22.2 Å². The number of rotatable bonds is 1. The highest BCUT2D eigenvalue weighted by molar-refractivity contribution is 6.30. The van der Waals surface area contributed by atoms with Crippen molar-refractivity contribution >= 4 is 22.4 Å². The second kappa shape index (κ2) is 4.19. The molecule has 0 aliphatic carbocycles. The van der Waals surface area contributed by atoms with Crippen LogP contribution in [0.1, 0.15) is 0 Å². The summed E-state index contributed by atoms with van der Waals surface area (Å²) in [6.45, 7) is 0. The highest BCUT2D eigenvalue weighted by Gasteiger charge is 2.01. The van der Waals surface area contributed by atoms with E-state index in [9.17, 15) is 0 Å². The molecule has 3 rings (SSSR count). The van der Waals surface area contributed by atoms with Crippen molar-refractivity contribution in [3.63, 3.8) is 0 Å². The van der Waals surface area contributed by atoms with Crippen LogP contribution in [0.15, 0.2) is 60.8 Å². The van der Waals surface area contributed by atoms with Gasteiger partial charge in [-0.3, -0.25) is 4.98 Å². The third kappa shape index (κ3) is 2.02. The molecule has 0 N–H and O–H groups in total. The van der Waals surface area contributed by atoms with Crippen LogP contribution in [-0.4, -0.2) is 4.98 Å². The summed E-state index contributed by atoms with van der Waals surface area (Å²) < 4.78 is 0. The van der Waals surface area contributed by atoms with E-state index in [1.54, 1.807) is 0 Å². The van der Waals surface area contributed by atoms with Gasteiger partial charge in [-0.15, -0.1) is 0 Å². The maximum atomic E-state index is 5.99. The zero-order chi connectivity index (χ0) is 11.7. The van der Waals surface area contributed by atoms with Gasteiger partial charge in [-0.05, 0) is 23.6 Å². The van der Waals surface area contributed by atoms with Crippen molar-refractivity contribution in [2.75, 3.05) is 0 Å². The van der Waals surface area contributed by atoms with Crippen LogP contribution in [0.4, 0.5) is 0 Å². The minimum Gasteiger partial charge on any atom is -0.256 e. The zero-order valence-corrected chi connectivity index (χ0v) is 9.85. The number of nitrogens with zero attached hydrogens (tertiary/aromatic N) is 1. The minimum absolute atomic E-state index is 0.734. The Balaban J connectivity index is 2.18. The first kappa shape index (κ1) is 10.3. The van der Waals surface area contributed by atoms with E-state index in [1.807, 2.05) is 42.6 Å². The molecule has 0 radical (unpaired) electrons. The van der Waals surface area contributed by atoms with E-state index in [-0.39, 0.29) is 0 Å². The van der Waals surface area contributed by atoms with Crippen molar-refractivity contribution in [3.8, 4) is 11.3 Å². The maximum absolute atomic E-state index is 5.99. The SMILES string of the molecule is Clc1cccc(-c2cc3ccccc3cn2)c1. The molecule has 2 heteroatoms. The van der Waals surface area contributed by atoms with E-state index >= 15 is 0 Å². The van der Waals surface area contributed by atoms with Gasteiger partial charge in [-0.1, -0.05) is 48.0 Å². The van der Waals surface area contributed by atoms with Gasteiger partial charge in [0.2, 0.25) is 0 Å². The molecule has 0 spiro atoms. The third-order valence-corrected chi connectivity index (χ3v) is 2.99. The Labute approximate surface area is 105 Å². The smallest absolute Gasteiger partial charge is 0.0708 e. The summed E-state index contributed by atoms with van der Waals surface area (Å²) in [5.74, 6) is 0. The summed E-state index contributed by atoms with van der Waals surface area (Å²) >= 11 is 5.99. The highest BCUT2D eigenvalue weighted by atomic mass is 35.5. The monoisotopic (exact) mass is 239 g/mol. The number of halogens is 1. The summed E-state index contributed by atoms with van der Waals surface area (Å²) in [6.07, 6.45) is 1.89. The molecule has 0 amide bonds. The van der Waals surface area contributed by atoms with Crippen LogP contribution in [0, 0.1) is 0 Å². The summed E-state index contributed by atoms with van der Waals surface area (Å²) in [4.78, 5) is 4.46. The molecular formula is C15H10ClN. The van der Waals surface area contributed by atoms with Crippen LogP contribution < -0.4 is 0 Å². The largest absolute Gasteiger partial charge is 0.256 e. The lowest BCUT2D eigenvalue weighted by molar-refractivity contribution is 1.36. The standard InChI is InChI=1S/C15H10ClN/c16-14-7-3-6-12(8-14)15-9-11-4-1-2-5-13(11)10-17-15/h1-10H. The van der Waals surface area contributed by atoms with Gasteiger partial charge < -0.3 is 0 Å². The fraction of sp³-hybridized carbons (Fsp3) is 0. The van der Waals surface area contributed by atoms with Gasteiger partial charge in [0.05, 0.1) is 5.69 Å². The number of pyridine rings is 1. The van der Waals surface area contributed by atoms with Crippen molar-refractivity contribution in [2.24, 2.45) is 0 Å². The van der Waals surface area contributed by atoms with E-state index in [1.165, 1.54) is 5.39 Å². The first-order valence-electron chi connectivity index (χ1n) is 5.44. The molecule has 0 atom stereocenters. The van der Waals surface area contributed by atoms with E-state index in [0.29, 0.717) is 0 Å². The van der Waals surface area contributed by atoms with Gasteiger partial charge in [0.25, 0.3) is 0 Å². The Kier molecular flexibility index (Phi) is 2.54. The molecule has 1 aromatic heterocycles. The Bertz CT molecular complexity index is 676. The maximum Gasteiger partial charge on any atom is 0.0708 e. The minimum atomic E-state index is 0.734. The summed E-state index contributed by atoms with van der Waals surface area (Å²) in [5, 5.41) is 3.08. The molecule has 1 heterocycles. The molecule has 3 aromatic rings. The average molecular weight is 240 g/mol. The molecule has 82 valence electrons. The van der Waals surface area contributed by atoms with Gasteiger partial charge in [0.15, 0.2) is 0 Å². The lowest BCUT2D eigenvalue weighted by atomic mass is 10.1. The molecule has 2 aromatic carbocycles. The van der Waals surface area contributed by atoms with Crippen LogP contribution in [0.25, 0.3) is 22.0 Å². The first-order chi connectivity index (χ1) is 8.33. The van der Waals surface area contributed by atoms with Crippen LogP contribution in [-0.2, 0) is 0 Å². The Hall–Kier alpha value is -1.86. The van der Waals surface area contributed by atoms with Gasteiger partial charge in [-0.2, -0.15) is 0 Å². The summed E-state index contributed by atoms with van der Waals surface area (Å²) in [5.41, 5.74) is 1.99. The molecule has 1 nitrogen and oxygen atoms in total. The molecular weight excluding hydrogens is 230 g/mol. The quantitative estimate of drug-likeness (QED) is 0.607. The van der Waals surface area contributed by atoms with Crippen LogP contribution >= 0.6 is 11.6 Å². The van der Waals surface area contributed by atoms with Crippen molar-refractivity contribution in [3.05, 3.63) is 65.8 Å².